The second-order valence-corrected chi connectivity index (χ2v) is 7.61. The molecule has 7 heteroatoms. The van der Waals surface area contributed by atoms with Crippen molar-refractivity contribution in [2.45, 2.75) is 31.8 Å². The Morgan fingerprint density at radius 1 is 1.08 bits per heavy atom. The maximum absolute atomic E-state index is 12.3. The second-order valence-electron chi connectivity index (χ2n) is 5.75. The molecule has 1 unspecified atom stereocenters. The number of hydrogen-bond acceptors (Lipinski definition) is 4. The molecular formula is C18H22N2O4S. The SMILES string of the molecule is CNS(=O)(=O)c1cc(NC(=O)C(C)Oc2ccc(C)cc2)ccc1C. The van der Waals surface area contributed by atoms with E-state index < -0.39 is 16.1 Å². The van der Waals surface area contributed by atoms with E-state index in [9.17, 15) is 13.2 Å². The van der Waals surface area contributed by atoms with Gasteiger partial charge in [-0.25, -0.2) is 13.1 Å². The Hall–Kier alpha value is -2.38. The molecule has 6 nitrogen and oxygen atoms in total. The average Bonchev–Trinajstić information content (AvgIpc) is 2.58. The molecule has 0 saturated heterocycles. The van der Waals surface area contributed by atoms with Crippen LogP contribution in [-0.2, 0) is 14.8 Å². The predicted molar refractivity (Wildman–Crippen MR) is 97.3 cm³/mol. The predicted octanol–water partition coefficient (Wildman–Crippen LogP) is 2.62. The quantitative estimate of drug-likeness (QED) is 0.827. The van der Waals surface area contributed by atoms with Gasteiger partial charge in [0.05, 0.1) is 4.90 Å². The van der Waals surface area contributed by atoms with Gasteiger partial charge >= 0.3 is 0 Å². The zero-order chi connectivity index (χ0) is 18.6. The number of sulfonamides is 1. The summed E-state index contributed by atoms with van der Waals surface area (Å²) in [5.74, 6) is 0.229. The average molecular weight is 362 g/mol. The molecule has 0 aliphatic carbocycles. The number of amides is 1. The molecule has 0 aromatic heterocycles. The zero-order valence-electron chi connectivity index (χ0n) is 14.7. The topological polar surface area (TPSA) is 84.5 Å². The van der Waals surface area contributed by atoms with Gasteiger partial charge in [0.2, 0.25) is 10.0 Å². The van der Waals surface area contributed by atoms with Crippen LogP contribution in [0.5, 0.6) is 5.75 Å². The van der Waals surface area contributed by atoms with Crippen molar-refractivity contribution in [2.24, 2.45) is 0 Å². The Labute approximate surface area is 148 Å². The van der Waals surface area contributed by atoms with Crippen molar-refractivity contribution in [3.05, 3.63) is 53.6 Å². The molecule has 1 amide bonds. The lowest BCUT2D eigenvalue weighted by atomic mass is 10.2. The molecule has 0 aliphatic heterocycles. The number of carbonyl (C=O) groups excluding carboxylic acids is 1. The maximum Gasteiger partial charge on any atom is 0.265 e. The van der Waals surface area contributed by atoms with Gasteiger partial charge in [-0.3, -0.25) is 4.79 Å². The number of anilines is 1. The standard InChI is InChI=1S/C18H22N2O4S/c1-12-5-9-16(10-6-12)24-14(3)18(21)20-15-8-7-13(2)17(11-15)25(22,23)19-4/h5-11,14,19H,1-4H3,(H,20,21). The molecule has 0 bridgehead atoms. The lowest BCUT2D eigenvalue weighted by Crippen LogP contribution is -2.30. The van der Waals surface area contributed by atoms with E-state index in [0.717, 1.165) is 5.56 Å². The van der Waals surface area contributed by atoms with Crippen molar-refractivity contribution in [3.63, 3.8) is 0 Å². The van der Waals surface area contributed by atoms with E-state index in [0.29, 0.717) is 17.0 Å². The molecule has 25 heavy (non-hydrogen) atoms. The largest absolute Gasteiger partial charge is 0.481 e. The Morgan fingerprint density at radius 2 is 1.72 bits per heavy atom. The van der Waals surface area contributed by atoms with Crippen LogP contribution in [0.15, 0.2) is 47.4 Å². The van der Waals surface area contributed by atoms with Crippen molar-refractivity contribution in [1.29, 1.82) is 0 Å². The minimum Gasteiger partial charge on any atom is -0.481 e. The smallest absolute Gasteiger partial charge is 0.265 e. The molecule has 2 aromatic carbocycles. The lowest BCUT2D eigenvalue weighted by molar-refractivity contribution is -0.122. The number of benzene rings is 2. The van der Waals surface area contributed by atoms with Crippen LogP contribution in [-0.4, -0.2) is 27.5 Å². The molecule has 0 aliphatic rings. The molecule has 2 N–H and O–H groups in total. The Bertz CT molecular complexity index is 861. The van der Waals surface area contributed by atoms with Gasteiger partial charge in [-0.15, -0.1) is 0 Å². The first kappa shape index (κ1) is 19.0. The van der Waals surface area contributed by atoms with Gasteiger partial charge in [-0.05, 0) is 57.6 Å². The van der Waals surface area contributed by atoms with E-state index in [-0.39, 0.29) is 10.8 Å². The van der Waals surface area contributed by atoms with Crippen molar-refractivity contribution in [2.75, 3.05) is 12.4 Å². The van der Waals surface area contributed by atoms with Crippen LogP contribution in [0.1, 0.15) is 18.1 Å². The van der Waals surface area contributed by atoms with E-state index in [2.05, 4.69) is 10.0 Å². The molecule has 2 rings (SSSR count). The fourth-order valence-electron chi connectivity index (χ4n) is 2.20. The van der Waals surface area contributed by atoms with Crippen molar-refractivity contribution in [3.8, 4) is 5.75 Å². The second kappa shape index (κ2) is 7.67. The van der Waals surface area contributed by atoms with Crippen LogP contribution in [0.2, 0.25) is 0 Å². The minimum absolute atomic E-state index is 0.125. The molecule has 0 fully saturated rings. The van der Waals surface area contributed by atoms with Gasteiger partial charge in [0.15, 0.2) is 6.10 Å². The number of nitrogens with one attached hydrogen (secondary N) is 2. The third-order valence-corrected chi connectivity index (χ3v) is 5.27. The zero-order valence-corrected chi connectivity index (χ0v) is 15.5. The van der Waals surface area contributed by atoms with Gasteiger partial charge in [0.25, 0.3) is 5.91 Å². The highest BCUT2D eigenvalue weighted by molar-refractivity contribution is 7.89. The first-order chi connectivity index (χ1) is 11.7. The van der Waals surface area contributed by atoms with Gasteiger partial charge in [-0.2, -0.15) is 0 Å². The van der Waals surface area contributed by atoms with E-state index in [1.807, 2.05) is 19.1 Å². The number of aryl methyl sites for hydroxylation is 2. The molecule has 0 radical (unpaired) electrons. The third kappa shape index (κ3) is 4.80. The van der Waals surface area contributed by atoms with Crippen molar-refractivity contribution < 1.29 is 17.9 Å². The van der Waals surface area contributed by atoms with E-state index in [1.54, 1.807) is 38.1 Å². The van der Waals surface area contributed by atoms with Crippen LogP contribution in [0.4, 0.5) is 5.69 Å². The highest BCUT2D eigenvalue weighted by atomic mass is 32.2. The van der Waals surface area contributed by atoms with Gasteiger partial charge in [0, 0.05) is 5.69 Å². The summed E-state index contributed by atoms with van der Waals surface area (Å²) in [6.07, 6.45) is -0.728. The summed E-state index contributed by atoms with van der Waals surface area (Å²) in [7, 11) is -2.25. The minimum atomic E-state index is -3.59. The van der Waals surface area contributed by atoms with Crippen molar-refractivity contribution in [1.82, 2.24) is 4.72 Å². The highest BCUT2D eigenvalue weighted by Gasteiger charge is 2.18. The third-order valence-electron chi connectivity index (χ3n) is 3.72. The lowest BCUT2D eigenvalue weighted by Gasteiger charge is -2.16. The van der Waals surface area contributed by atoms with E-state index >= 15 is 0 Å². The first-order valence-corrected chi connectivity index (χ1v) is 9.29. The Balaban J connectivity index is 2.12. The highest BCUT2D eigenvalue weighted by Crippen LogP contribution is 2.20. The molecular weight excluding hydrogens is 340 g/mol. The maximum atomic E-state index is 12.3. The monoisotopic (exact) mass is 362 g/mol. The Morgan fingerprint density at radius 3 is 2.32 bits per heavy atom. The number of carbonyl (C=O) groups is 1. The van der Waals surface area contributed by atoms with Crippen LogP contribution in [0.25, 0.3) is 0 Å². The van der Waals surface area contributed by atoms with Gasteiger partial charge in [-0.1, -0.05) is 23.8 Å². The summed E-state index contributed by atoms with van der Waals surface area (Å²) >= 11 is 0. The summed E-state index contributed by atoms with van der Waals surface area (Å²) in [4.78, 5) is 12.4. The van der Waals surface area contributed by atoms with Crippen LogP contribution in [0, 0.1) is 13.8 Å². The number of rotatable bonds is 6. The van der Waals surface area contributed by atoms with Crippen molar-refractivity contribution >= 4 is 21.6 Å². The number of ether oxygens (including phenoxy) is 1. The summed E-state index contributed by atoms with van der Waals surface area (Å²) in [6, 6.07) is 12.1. The van der Waals surface area contributed by atoms with Crippen LogP contribution in [0.3, 0.4) is 0 Å². The fraction of sp³-hybridized carbons (Fsp3) is 0.278. The van der Waals surface area contributed by atoms with E-state index in [4.69, 9.17) is 4.74 Å². The molecule has 2 aromatic rings. The molecule has 134 valence electrons. The van der Waals surface area contributed by atoms with Crippen LogP contribution < -0.4 is 14.8 Å². The molecule has 0 heterocycles. The summed E-state index contributed by atoms with van der Waals surface area (Å²) in [5, 5.41) is 2.68. The summed E-state index contributed by atoms with van der Waals surface area (Å²) < 4.78 is 31.9. The molecule has 1 atom stereocenters. The van der Waals surface area contributed by atoms with E-state index in [1.165, 1.54) is 13.1 Å². The fourth-order valence-corrected chi connectivity index (χ4v) is 3.19. The van der Waals surface area contributed by atoms with Gasteiger partial charge < -0.3 is 10.1 Å². The number of hydrogen-bond donors (Lipinski definition) is 2. The van der Waals surface area contributed by atoms with Gasteiger partial charge in [0.1, 0.15) is 5.75 Å². The first-order valence-electron chi connectivity index (χ1n) is 7.81. The summed E-state index contributed by atoms with van der Waals surface area (Å²) in [6.45, 7) is 5.29. The molecule has 0 saturated carbocycles. The normalized spacial score (nSPS) is 12.5. The summed E-state index contributed by atoms with van der Waals surface area (Å²) in [5.41, 5.74) is 2.09. The molecule has 0 spiro atoms. The Kier molecular flexibility index (Phi) is 5.81. The van der Waals surface area contributed by atoms with Crippen LogP contribution >= 0.6 is 0 Å².